The number of benzene rings is 2. The zero-order valence-electron chi connectivity index (χ0n) is 11.8. The van der Waals surface area contributed by atoms with Crippen molar-refractivity contribution >= 4 is 11.4 Å². The van der Waals surface area contributed by atoms with Gasteiger partial charge < -0.3 is 5.32 Å². The number of anilines is 1. The third-order valence-corrected chi connectivity index (χ3v) is 3.35. The van der Waals surface area contributed by atoms with E-state index in [-0.39, 0.29) is 17.3 Å². The summed E-state index contributed by atoms with van der Waals surface area (Å²) in [6.45, 7) is 3.95. The lowest BCUT2D eigenvalue weighted by Crippen LogP contribution is -2.09. The molecule has 1 atom stereocenters. The average Bonchev–Trinajstić information content (AvgIpc) is 2.47. The number of nitrogens with one attached hydrogen (secondary N) is 1. The highest BCUT2D eigenvalue weighted by molar-refractivity contribution is 5.64. The van der Waals surface area contributed by atoms with E-state index in [0.29, 0.717) is 5.69 Å². The molecule has 0 amide bonds. The van der Waals surface area contributed by atoms with Crippen LogP contribution in [0.5, 0.6) is 0 Å². The van der Waals surface area contributed by atoms with E-state index in [1.54, 1.807) is 12.1 Å². The number of nitro groups is 1. The first kappa shape index (κ1) is 14.5. The molecule has 5 heteroatoms. The van der Waals surface area contributed by atoms with Crippen LogP contribution in [0.15, 0.2) is 42.5 Å². The Bertz CT molecular complexity index is 720. The summed E-state index contributed by atoms with van der Waals surface area (Å²) in [5.41, 5.74) is 2.80. The summed E-state index contributed by atoms with van der Waals surface area (Å²) >= 11 is 0. The first-order chi connectivity index (χ1) is 10.0. The second kappa shape index (κ2) is 6.06. The molecule has 0 spiro atoms. The van der Waals surface area contributed by atoms with Crippen molar-refractivity contribution in [3.05, 3.63) is 69.3 Å². The van der Waals surface area contributed by atoms with Gasteiger partial charge in [-0.2, -0.15) is 5.26 Å². The maximum absolute atomic E-state index is 11.1. The molecule has 0 aliphatic rings. The molecule has 0 aliphatic heterocycles. The van der Waals surface area contributed by atoms with Gasteiger partial charge in [-0.05, 0) is 37.1 Å². The van der Waals surface area contributed by atoms with Crippen molar-refractivity contribution in [1.29, 1.82) is 5.26 Å². The Kier molecular flexibility index (Phi) is 4.19. The second-order valence-corrected chi connectivity index (χ2v) is 4.82. The predicted octanol–water partition coefficient (Wildman–Crippen LogP) is 3.95. The number of rotatable bonds is 4. The molecule has 0 heterocycles. The molecule has 2 aromatic carbocycles. The van der Waals surface area contributed by atoms with Gasteiger partial charge in [-0.25, -0.2) is 0 Å². The van der Waals surface area contributed by atoms with Crippen molar-refractivity contribution < 1.29 is 4.92 Å². The van der Waals surface area contributed by atoms with E-state index in [9.17, 15) is 10.1 Å². The summed E-state index contributed by atoms with van der Waals surface area (Å²) in [5, 5.41) is 23.1. The van der Waals surface area contributed by atoms with Gasteiger partial charge >= 0.3 is 0 Å². The molecule has 21 heavy (non-hydrogen) atoms. The maximum Gasteiger partial charge on any atom is 0.293 e. The summed E-state index contributed by atoms with van der Waals surface area (Å²) < 4.78 is 0. The molecule has 0 fully saturated rings. The molecule has 0 bridgehead atoms. The lowest BCUT2D eigenvalue weighted by atomic mass is 10.0. The zero-order valence-corrected chi connectivity index (χ0v) is 11.8. The van der Waals surface area contributed by atoms with Gasteiger partial charge in [0.25, 0.3) is 5.69 Å². The molecular weight excluding hydrogens is 266 g/mol. The van der Waals surface area contributed by atoms with Crippen LogP contribution in [0, 0.1) is 28.4 Å². The van der Waals surface area contributed by atoms with Gasteiger partial charge in [0.15, 0.2) is 0 Å². The molecule has 2 aromatic rings. The molecule has 2 rings (SSSR count). The normalized spacial score (nSPS) is 11.5. The van der Waals surface area contributed by atoms with Crippen LogP contribution in [-0.4, -0.2) is 4.92 Å². The maximum atomic E-state index is 11.1. The summed E-state index contributed by atoms with van der Waals surface area (Å²) in [6.07, 6.45) is 0. The zero-order chi connectivity index (χ0) is 15.4. The number of hydrogen-bond acceptors (Lipinski definition) is 4. The van der Waals surface area contributed by atoms with E-state index in [1.807, 2.05) is 44.2 Å². The van der Waals surface area contributed by atoms with Crippen LogP contribution in [-0.2, 0) is 0 Å². The molecule has 1 N–H and O–H groups in total. The number of nitrogens with zero attached hydrogens (tertiary/aromatic N) is 2. The summed E-state index contributed by atoms with van der Waals surface area (Å²) in [5.74, 6) is 0. The SMILES string of the molecule is Cc1ccccc1C(C)Nc1ccc(C#N)cc1[N+](=O)[O-]. The Labute approximate surface area is 123 Å². The molecule has 106 valence electrons. The van der Waals surface area contributed by atoms with Crippen LogP contribution in [0.3, 0.4) is 0 Å². The summed E-state index contributed by atoms with van der Waals surface area (Å²) in [6, 6.07) is 14.2. The van der Waals surface area contributed by atoms with E-state index >= 15 is 0 Å². The van der Waals surface area contributed by atoms with E-state index in [2.05, 4.69) is 5.32 Å². The van der Waals surface area contributed by atoms with E-state index in [1.165, 1.54) is 6.07 Å². The molecule has 5 nitrogen and oxygen atoms in total. The Morgan fingerprint density at radius 2 is 2.00 bits per heavy atom. The highest BCUT2D eigenvalue weighted by atomic mass is 16.6. The summed E-state index contributed by atoms with van der Waals surface area (Å²) in [4.78, 5) is 10.7. The van der Waals surface area contributed by atoms with Gasteiger partial charge in [0.1, 0.15) is 5.69 Å². The second-order valence-electron chi connectivity index (χ2n) is 4.82. The van der Waals surface area contributed by atoms with Crippen molar-refractivity contribution in [2.45, 2.75) is 19.9 Å². The summed E-state index contributed by atoms with van der Waals surface area (Å²) in [7, 11) is 0. The van der Waals surface area contributed by atoms with Crippen LogP contribution >= 0.6 is 0 Å². The van der Waals surface area contributed by atoms with Crippen LogP contribution in [0.2, 0.25) is 0 Å². The Morgan fingerprint density at radius 1 is 1.29 bits per heavy atom. The van der Waals surface area contributed by atoms with Crippen molar-refractivity contribution in [2.24, 2.45) is 0 Å². The molecule has 0 saturated heterocycles. The standard InChI is InChI=1S/C16H15N3O2/c1-11-5-3-4-6-14(11)12(2)18-15-8-7-13(10-17)9-16(15)19(20)21/h3-9,12,18H,1-2H3. The van der Waals surface area contributed by atoms with Crippen molar-refractivity contribution in [3.8, 4) is 6.07 Å². The lowest BCUT2D eigenvalue weighted by Gasteiger charge is -2.17. The van der Waals surface area contributed by atoms with Crippen LogP contribution in [0.1, 0.15) is 29.7 Å². The first-order valence-electron chi connectivity index (χ1n) is 6.53. The number of aryl methyl sites for hydroxylation is 1. The lowest BCUT2D eigenvalue weighted by molar-refractivity contribution is -0.384. The minimum Gasteiger partial charge on any atom is -0.373 e. The first-order valence-corrected chi connectivity index (χ1v) is 6.53. The third kappa shape index (κ3) is 3.18. The van der Waals surface area contributed by atoms with Gasteiger partial charge in [0.2, 0.25) is 0 Å². The Balaban J connectivity index is 2.34. The average molecular weight is 281 g/mol. The number of hydrogen-bond donors (Lipinski definition) is 1. The van der Waals surface area contributed by atoms with Gasteiger partial charge in [0, 0.05) is 12.1 Å². The molecule has 0 saturated carbocycles. The fourth-order valence-corrected chi connectivity index (χ4v) is 2.26. The molecule has 0 aliphatic carbocycles. The number of nitro benzene ring substituents is 1. The van der Waals surface area contributed by atoms with Crippen molar-refractivity contribution in [2.75, 3.05) is 5.32 Å². The Hall–Kier alpha value is -2.87. The van der Waals surface area contributed by atoms with Gasteiger partial charge in [0.05, 0.1) is 16.6 Å². The van der Waals surface area contributed by atoms with Crippen LogP contribution in [0.25, 0.3) is 0 Å². The minimum atomic E-state index is -0.478. The monoisotopic (exact) mass is 281 g/mol. The van der Waals surface area contributed by atoms with Crippen molar-refractivity contribution in [3.63, 3.8) is 0 Å². The fraction of sp³-hybridized carbons (Fsp3) is 0.188. The Morgan fingerprint density at radius 3 is 2.62 bits per heavy atom. The van der Waals surface area contributed by atoms with Crippen LogP contribution in [0.4, 0.5) is 11.4 Å². The quantitative estimate of drug-likeness (QED) is 0.679. The minimum absolute atomic E-state index is 0.0714. The third-order valence-electron chi connectivity index (χ3n) is 3.35. The van der Waals surface area contributed by atoms with E-state index < -0.39 is 4.92 Å². The van der Waals surface area contributed by atoms with Gasteiger partial charge in [-0.1, -0.05) is 24.3 Å². The predicted molar refractivity (Wildman–Crippen MR) is 81.0 cm³/mol. The van der Waals surface area contributed by atoms with Gasteiger partial charge in [-0.15, -0.1) is 0 Å². The fourth-order valence-electron chi connectivity index (χ4n) is 2.26. The highest BCUT2D eigenvalue weighted by Crippen LogP contribution is 2.29. The molecule has 0 radical (unpaired) electrons. The molecule has 1 unspecified atom stereocenters. The molecule has 0 aromatic heterocycles. The molecular formula is C16H15N3O2. The number of nitriles is 1. The topological polar surface area (TPSA) is 79.0 Å². The van der Waals surface area contributed by atoms with E-state index in [4.69, 9.17) is 5.26 Å². The highest BCUT2D eigenvalue weighted by Gasteiger charge is 2.17. The van der Waals surface area contributed by atoms with Crippen LogP contribution < -0.4 is 5.32 Å². The largest absolute Gasteiger partial charge is 0.373 e. The van der Waals surface area contributed by atoms with Gasteiger partial charge in [-0.3, -0.25) is 10.1 Å². The smallest absolute Gasteiger partial charge is 0.293 e. The van der Waals surface area contributed by atoms with Crippen molar-refractivity contribution in [1.82, 2.24) is 0 Å². The van der Waals surface area contributed by atoms with E-state index in [0.717, 1.165) is 11.1 Å².